The molecule has 0 spiro atoms. The lowest BCUT2D eigenvalue weighted by atomic mass is 10.1. The molecule has 0 radical (unpaired) electrons. The summed E-state index contributed by atoms with van der Waals surface area (Å²) < 4.78 is 21.1. The van der Waals surface area contributed by atoms with Gasteiger partial charge in [0.1, 0.15) is 0 Å². The maximum atomic E-state index is 10.6. The van der Waals surface area contributed by atoms with Crippen molar-refractivity contribution in [3.8, 4) is 0 Å². The zero-order valence-electron chi connectivity index (χ0n) is 7.07. The van der Waals surface area contributed by atoms with Gasteiger partial charge < -0.3 is 0 Å². The first-order valence-electron chi connectivity index (χ1n) is 3.67. The first-order chi connectivity index (χ1) is 5.97. The highest BCUT2D eigenvalue weighted by atomic mass is 35.7. The molecule has 0 bridgehead atoms. The molecule has 70 valence electrons. The third-order valence-electron chi connectivity index (χ3n) is 1.47. The minimum absolute atomic E-state index is 0.823. The van der Waals surface area contributed by atoms with E-state index in [0.717, 1.165) is 16.5 Å². The van der Waals surface area contributed by atoms with Gasteiger partial charge in [0.2, 0.25) is 0 Å². The Bertz CT molecular complexity index is 421. The van der Waals surface area contributed by atoms with Crippen molar-refractivity contribution in [3.05, 3.63) is 40.8 Å². The Labute approximate surface area is 82.3 Å². The van der Waals surface area contributed by atoms with Crippen LogP contribution in [0, 0.1) is 6.92 Å². The van der Waals surface area contributed by atoms with Gasteiger partial charge >= 0.3 is 0 Å². The lowest BCUT2D eigenvalue weighted by molar-refractivity contribution is 0.617. The van der Waals surface area contributed by atoms with Crippen LogP contribution in [0.3, 0.4) is 0 Å². The standard InChI is InChI=1S/C9H9ClO2S/c1-8-3-2-4-9(7-8)5-6-13(10,11)12/h2-7H,1H3/b6-5+. The van der Waals surface area contributed by atoms with Crippen LogP contribution in [0.4, 0.5) is 0 Å². The smallest absolute Gasteiger partial charge is 0.208 e. The third-order valence-corrected chi connectivity index (χ3v) is 2.23. The van der Waals surface area contributed by atoms with E-state index in [2.05, 4.69) is 0 Å². The summed E-state index contributed by atoms with van der Waals surface area (Å²) in [5.74, 6) is 0. The second kappa shape index (κ2) is 3.94. The van der Waals surface area contributed by atoms with Crippen LogP contribution in [0.5, 0.6) is 0 Å². The lowest BCUT2D eigenvalue weighted by Crippen LogP contribution is -1.80. The first-order valence-corrected chi connectivity index (χ1v) is 6.04. The van der Waals surface area contributed by atoms with Crippen LogP contribution >= 0.6 is 10.7 Å². The van der Waals surface area contributed by atoms with Crippen LogP contribution in [0.25, 0.3) is 6.08 Å². The van der Waals surface area contributed by atoms with E-state index in [1.165, 1.54) is 6.08 Å². The Balaban J connectivity index is 2.93. The molecule has 0 aliphatic rings. The predicted molar refractivity (Wildman–Crippen MR) is 55.0 cm³/mol. The molecule has 0 aliphatic carbocycles. The van der Waals surface area contributed by atoms with E-state index < -0.39 is 9.05 Å². The van der Waals surface area contributed by atoms with Crippen molar-refractivity contribution in [2.45, 2.75) is 6.92 Å². The molecule has 1 aromatic rings. The summed E-state index contributed by atoms with van der Waals surface area (Å²) in [5, 5.41) is 0.976. The van der Waals surface area contributed by atoms with Crippen molar-refractivity contribution in [3.63, 3.8) is 0 Å². The van der Waals surface area contributed by atoms with Gasteiger partial charge in [-0.25, -0.2) is 8.42 Å². The van der Waals surface area contributed by atoms with Crippen LogP contribution in [0.2, 0.25) is 0 Å². The molecular formula is C9H9ClO2S. The van der Waals surface area contributed by atoms with Crippen molar-refractivity contribution in [2.24, 2.45) is 0 Å². The maximum absolute atomic E-state index is 10.6. The van der Waals surface area contributed by atoms with Crippen LogP contribution in [-0.2, 0) is 9.05 Å². The van der Waals surface area contributed by atoms with Gasteiger partial charge in [0, 0.05) is 16.1 Å². The minimum Gasteiger partial charge on any atom is -0.208 e. The van der Waals surface area contributed by atoms with Gasteiger partial charge in [-0.15, -0.1) is 0 Å². The van der Waals surface area contributed by atoms with Crippen molar-refractivity contribution < 1.29 is 8.42 Å². The molecule has 0 unspecified atom stereocenters. The number of aryl methyl sites for hydroxylation is 1. The summed E-state index contributed by atoms with van der Waals surface area (Å²) in [7, 11) is 1.46. The molecule has 0 fully saturated rings. The van der Waals surface area contributed by atoms with Gasteiger partial charge in [-0.3, -0.25) is 0 Å². The molecule has 1 aromatic carbocycles. The molecular weight excluding hydrogens is 208 g/mol. The third kappa shape index (κ3) is 4.10. The molecule has 0 N–H and O–H groups in total. The molecule has 0 saturated heterocycles. The van der Waals surface area contributed by atoms with E-state index in [4.69, 9.17) is 10.7 Å². The van der Waals surface area contributed by atoms with Crippen molar-refractivity contribution in [2.75, 3.05) is 0 Å². The summed E-state index contributed by atoms with van der Waals surface area (Å²) >= 11 is 0. The topological polar surface area (TPSA) is 34.1 Å². The van der Waals surface area contributed by atoms with Crippen molar-refractivity contribution in [1.82, 2.24) is 0 Å². The Kier molecular flexibility index (Phi) is 3.12. The number of rotatable bonds is 2. The quantitative estimate of drug-likeness (QED) is 0.712. The predicted octanol–water partition coefficient (Wildman–Crippen LogP) is 2.53. The van der Waals surface area contributed by atoms with Crippen LogP contribution in [0.1, 0.15) is 11.1 Å². The molecule has 2 nitrogen and oxygen atoms in total. The Hall–Kier alpha value is -0.800. The first kappa shape index (κ1) is 10.3. The maximum Gasteiger partial charge on any atom is 0.254 e. The Morgan fingerprint density at radius 1 is 1.38 bits per heavy atom. The molecule has 4 heteroatoms. The molecule has 0 aliphatic heterocycles. The Morgan fingerprint density at radius 2 is 2.08 bits per heavy atom. The highest BCUT2D eigenvalue weighted by Crippen LogP contribution is 2.08. The van der Waals surface area contributed by atoms with E-state index in [1.807, 2.05) is 31.2 Å². The van der Waals surface area contributed by atoms with Gasteiger partial charge in [0.05, 0.1) is 0 Å². The molecule has 0 saturated carbocycles. The second-order valence-electron chi connectivity index (χ2n) is 2.69. The molecule has 13 heavy (non-hydrogen) atoms. The number of benzene rings is 1. The zero-order valence-corrected chi connectivity index (χ0v) is 8.64. The Morgan fingerprint density at radius 3 is 2.62 bits per heavy atom. The fourth-order valence-corrected chi connectivity index (χ4v) is 1.41. The van der Waals surface area contributed by atoms with Crippen LogP contribution in [0.15, 0.2) is 29.7 Å². The summed E-state index contributed by atoms with van der Waals surface area (Å²) in [6.45, 7) is 1.94. The highest BCUT2D eigenvalue weighted by molar-refractivity contribution is 8.16. The number of halogens is 1. The van der Waals surface area contributed by atoms with E-state index in [9.17, 15) is 8.42 Å². The van der Waals surface area contributed by atoms with Gasteiger partial charge in [0.25, 0.3) is 9.05 Å². The fraction of sp³-hybridized carbons (Fsp3) is 0.111. The fourth-order valence-electron chi connectivity index (χ4n) is 0.934. The average Bonchev–Trinajstić information content (AvgIpc) is 2.00. The van der Waals surface area contributed by atoms with Crippen LogP contribution < -0.4 is 0 Å². The highest BCUT2D eigenvalue weighted by Gasteiger charge is 1.96. The summed E-state index contributed by atoms with van der Waals surface area (Å²) in [5.41, 5.74) is 1.90. The monoisotopic (exact) mass is 216 g/mol. The molecule has 1 rings (SSSR count). The molecule has 0 atom stereocenters. The van der Waals surface area contributed by atoms with Gasteiger partial charge in [-0.05, 0) is 18.6 Å². The van der Waals surface area contributed by atoms with Crippen LogP contribution in [-0.4, -0.2) is 8.42 Å². The van der Waals surface area contributed by atoms with Crippen molar-refractivity contribution >= 4 is 25.8 Å². The summed E-state index contributed by atoms with van der Waals surface area (Å²) in [6.07, 6.45) is 1.47. The zero-order chi connectivity index (χ0) is 9.90. The lowest BCUT2D eigenvalue weighted by Gasteiger charge is -1.93. The van der Waals surface area contributed by atoms with E-state index >= 15 is 0 Å². The molecule has 0 heterocycles. The number of hydrogen-bond acceptors (Lipinski definition) is 2. The molecule has 0 aromatic heterocycles. The van der Waals surface area contributed by atoms with Gasteiger partial charge in [0.15, 0.2) is 0 Å². The normalized spacial score (nSPS) is 12.2. The van der Waals surface area contributed by atoms with Crippen molar-refractivity contribution in [1.29, 1.82) is 0 Å². The van der Waals surface area contributed by atoms with E-state index in [-0.39, 0.29) is 0 Å². The van der Waals surface area contributed by atoms with E-state index in [0.29, 0.717) is 0 Å². The molecule has 0 amide bonds. The average molecular weight is 217 g/mol. The van der Waals surface area contributed by atoms with E-state index in [1.54, 1.807) is 0 Å². The largest absolute Gasteiger partial charge is 0.254 e. The second-order valence-corrected chi connectivity index (χ2v) is 5.21. The van der Waals surface area contributed by atoms with Gasteiger partial charge in [-0.1, -0.05) is 29.8 Å². The summed E-state index contributed by atoms with van der Waals surface area (Å²) in [4.78, 5) is 0. The van der Waals surface area contributed by atoms with Gasteiger partial charge in [-0.2, -0.15) is 0 Å². The minimum atomic E-state index is -3.54. The number of hydrogen-bond donors (Lipinski definition) is 0. The SMILES string of the molecule is Cc1cccc(/C=C/S(=O)(=O)Cl)c1. The summed E-state index contributed by atoms with van der Waals surface area (Å²) in [6, 6.07) is 7.48.